The van der Waals surface area contributed by atoms with E-state index in [-0.39, 0.29) is 11.9 Å². The zero-order valence-electron chi connectivity index (χ0n) is 12.2. The Kier molecular flexibility index (Phi) is 4.40. The number of nitriles is 1. The van der Waals surface area contributed by atoms with Gasteiger partial charge in [-0.15, -0.1) is 0 Å². The lowest BCUT2D eigenvalue weighted by Gasteiger charge is -2.36. The van der Waals surface area contributed by atoms with Gasteiger partial charge in [-0.25, -0.2) is 4.98 Å². The molecule has 0 aliphatic carbocycles. The molecule has 1 aromatic heterocycles. The monoisotopic (exact) mass is 276 g/mol. The Hall–Kier alpha value is -1.87. The summed E-state index contributed by atoms with van der Waals surface area (Å²) in [5.41, 5.74) is 0.637. The van der Waals surface area contributed by atoms with Crippen LogP contribution in [0.2, 0.25) is 0 Å². The Balaban J connectivity index is 1.99. The Labute approximate surface area is 119 Å². The molecule has 1 aromatic rings. The van der Waals surface area contributed by atoms with Crippen LogP contribution in [0.5, 0.6) is 0 Å². The van der Waals surface area contributed by atoms with Gasteiger partial charge in [-0.1, -0.05) is 6.92 Å². The third-order valence-electron chi connectivity index (χ3n) is 3.68. The molecule has 2 heterocycles. The Morgan fingerprint density at radius 1 is 1.40 bits per heavy atom. The molecule has 1 unspecified atom stereocenters. The maximum atomic E-state index is 12.4. The highest BCUT2D eigenvalue weighted by molar-refractivity contribution is 5.92. The van der Waals surface area contributed by atoms with Crippen molar-refractivity contribution in [3.05, 3.63) is 17.3 Å². The van der Waals surface area contributed by atoms with Crippen LogP contribution in [0.1, 0.15) is 35.5 Å². The van der Waals surface area contributed by atoms with Crippen LogP contribution in [0.25, 0.3) is 0 Å². The molecule has 0 N–H and O–H groups in total. The molecular weight excluding hydrogens is 256 g/mol. The summed E-state index contributed by atoms with van der Waals surface area (Å²) in [4.78, 5) is 20.4. The molecule has 1 atom stereocenters. The fourth-order valence-corrected chi connectivity index (χ4v) is 2.54. The lowest BCUT2D eigenvalue weighted by atomic mass is 10.1. The summed E-state index contributed by atoms with van der Waals surface area (Å²) in [5.74, 6) is 0.746. The van der Waals surface area contributed by atoms with Crippen molar-refractivity contribution < 1.29 is 9.21 Å². The molecule has 6 nitrogen and oxygen atoms in total. The first-order valence-electron chi connectivity index (χ1n) is 6.93. The lowest BCUT2D eigenvalue weighted by molar-refractivity contribution is 0.0572. The van der Waals surface area contributed by atoms with E-state index in [1.807, 2.05) is 6.92 Å². The molecule has 1 amide bonds. The number of amides is 1. The summed E-state index contributed by atoms with van der Waals surface area (Å²) in [6.45, 7) is 8.22. The number of aryl methyl sites for hydroxylation is 2. The number of carbonyl (C=O) groups is 1. The molecule has 1 saturated heterocycles. The van der Waals surface area contributed by atoms with Crippen LogP contribution in [0.3, 0.4) is 0 Å². The van der Waals surface area contributed by atoms with Gasteiger partial charge in [0.05, 0.1) is 17.8 Å². The van der Waals surface area contributed by atoms with E-state index < -0.39 is 0 Å². The minimum absolute atomic E-state index is 0.0542. The van der Waals surface area contributed by atoms with Crippen LogP contribution in [0.4, 0.5) is 0 Å². The summed E-state index contributed by atoms with van der Waals surface area (Å²) in [6, 6.07) is 2.25. The van der Waals surface area contributed by atoms with E-state index in [0.29, 0.717) is 30.4 Å². The van der Waals surface area contributed by atoms with Gasteiger partial charge in [0, 0.05) is 33.1 Å². The van der Waals surface area contributed by atoms with Crippen molar-refractivity contribution in [3.63, 3.8) is 0 Å². The van der Waals surface area contributed by atoms with Gasteiger partial charge in [-0.05, 0) is 13.3 Å². The molecule has 0 aromatic carbocycles. The van der Waals surface area contributed by atoms with Gasteiger partial charge in [-0.2, -0.15) is 5.26 Å². The Bertz CT molecular complexity index is 524. The van der Waals surface area contributed by atoms with Crippen LogP contribution >= 0.6 is 0 Å². The van der Waals surface area contributed by atoms with Crippen LogP contribution in [0, 0.1) is 25.2 Å². The minimum Gasteiger partial charge on any atom is -0.436 e. The van der Waals surface area contributed by atoms with E-state index in [4.69, 9.17) is 9.68 Å². The van der Waals surface area contributed by atoms with E-state index in [2.05, 4.69) is 16.0 Å². The minimum atomic E-state index is -0.104. The topological polar surface area (TPSA) is 73.4 Å². The van der Waals surface area contributed by atoms with Crippen LogP contribution in [-0.4, -0.2) is 52.9 Å². The molecule has 1 fully saturated rings. The molecule has 0 radical (unpaired) electrons. The largest absolute Gasteiger partial charge is 0.436 e. The average Bonchev–Trinajstić information content (AvgIpc) is 2.79. The molecule has 0 saturated carbocycles. The molecule has 0 bridgehead atoms. The highest BCUT2D eigenvalue weighted by atomic mass is 16.4. The lowest BCUT2D eigenvalue weighted by Crippen LogP contribution is -2.51. The van der Waals surface area contributed by atoms with Gasteiger partial charge in [0.2, 0.25) is 5.76 Å². The smallest absolute Gasteiger partial charge is 0.291 e. The normalized spacial score (nSPS) is 17.8. The Morgan fingerprint density at radius 2 is 2.05 bits per heavy atom. The van der Waals surface area contributed by atoms with Gasteiger partial charge in [0.15, 0.2) is 5.89 Å². The summed E-state index contributed by atoms with van der Waals surface area (Å²) in [5, 5.41) is 9.08. The van der Waals surface area contributed by atoms with E-state index in [1.165, 1.54) is 0 Å². The van der Waals surface area contributed by atoms with E-state index in [1.54, 1.807) is 18.7 Å². The van der Waals surface area contributed by atoms with Crippen molar-refractivity contribution in [1.82, 2.24) is 14.8 Å². The fraction of sp³-hybridized carbons (Fsp3) is 0.643. The van der Waals surface area contributed by atoms with Gasteiger partial charge in [0.25, 0.3) is 5.91 Å². The third kappa shape index (κ3) is 2.83. The fourth-order valence-electron chi connectivity index (χ4n) is 2.54. The summed E-state index contributed by atoms with van der Waals surface area (Å²) < 4.78 is 5.38. The number of nitrogens with zero attached hydrogens (tertiary/aromatic N) is 4. The second-order valence-corrected chi connectivity index (χ2v) is 5.03. The molecule has 1 aliphatic rings. The van der Waals surface area contributed by atoms with E-state index >= 15 is 0 Å². The van der Waals surface area contributed by atoms with Crippen LogP contribution in [-0.2, 0) is 0 Å². The molecule has 1 aliphatic heterocycles. The van der Waals surface area contributed by atoms with Crippen LogP contribution < -0.4 is 0 Å². The zero-order chi connectivity index (χ0) is 14.7. The van der Waals surface area contributed by atoms with E-state index in [9.17, 15) is 4.79 Å². The predicted octanol–water partition coefficient (Wildman–Crippen LogP) is 1.35. The van der Waals surface area contributed by atoms with Gasteiger partial charge in [-0.3, -0.25) is 9.69 Å². The van der Waals surface area contributed by atoms with Crippen molar-refractivity contribution in [3.8, 4) is 6.07 Å². The molecule has 0 spiro atoms. The first kappa shape index (κ1) is 14.5. The summed E-state index contributed by atoms with van der Waals surface area (Å²) in [6.07, 6.45) is 0.810. The second kappa shape index (κ2) is 6.06. The van der Waals surface area contributed by atoms with Crippen molar-refractivity contribution in [1.29, 1.82) is 5.26 Å². The predicted molar refractivity (Wildman–Crippen MR) is 73.1 cm³/mol. The standard InChI is InChI=1S/C14H20N4O2/c1-4-12(9-15)17-5-7-18(8-6-17)14(19)13-10(2)16-11(3)20-13/h12H,4-8H2,1-3H3. The van der Waals surface area contributed by atoms with Crippen molar-refractivity contribution in [2.45, 2.75) is 33.2 Å². The number of carbonyl (C=O) groups excluding carboxylic acids is 1. The maximum absolute atomic E-state index is 12.4. The van der Waals surface area contributed by atoms with Crippen molar-refractivity contribution in [2.75, 3.05) is 26.2 Å². The van der Waals surface area contributed by atoms with Crippen molar-refractivity contribution >= 4 is 5.91 Å². The number of oxazole rings is 1. The Morgan fingerprint density at radius 3 is 2.50 bits per heavy atom. The average molecular weight is 276 g/mol. The van der Waals surface area contributed by atoms with Gasteiger partial charge >= 0.3 is 0 Å². The molecule has 108 valence electrons. The van der Waals surface area contributed by atoms with Gasteiger partial charge < -0.3 is 9.32 Å². The zero-order valence-corrected chi connectivity index (χ0v) is 12.2. The number of rotatable bonds is 3. The summed E-state index contributed by atoms with van der Waals surface area (Å²) >= 11 is 0. The van der Waals surface area contributed by atoms with Crippen LogP contribution in [0.15, 0.2) is 4.42 Å². The molecule has 20 heavy (non-hydrogen) atoms. The third-order valence-corrected chi connectivity index (χ3v) is 3.68. The number of piperazine rings is 1. The van der Waals surface area contributed by atoms with Gasteiger partial charge in [0.1, 0.15) is 0 Å². The first-order valence-corrected chi connectivity index (χ1v) is 6.93. The molecule has 2 rings (SSSR count). The number of hydrogen-bond donors (Lipinski definition) is 0. The highest BCUT2D eigenvalue weighted by Gasteiger charge is 2.28. The van der Waals surface area contributed by atoms with E-state index in [0.717, 1.165) is 19.5 Å². The number of aromatic nitrogens is 1. The van der Waals surface area contributed by atoms with Crippen molar-refractivity contribution in [2.24, 2.45) is 0 Å². The molecular formula is C14H20N4O2. The second-order valence-electron chi connectivity index (χ2n) is 5.03. The highest BCUT2D eigenvalue weighted by Crippen LogP contribution is 2.15. The first-order chi connectivity index (χ1) is 9.56. The molecule has 6 heteroatoms. The number of hydrogen-bond acceptors (Lipinski definition) is 5. The quantitative estimate of drug-likeness (QED) is 0.833. The maximum Gasteiger partial charge on any atom is 0.291 e. The SMILES string of the molecule is CCC(C#N)N1CCN(C(=O)c2oc(C)nc2C)CC1. The summed E-state index contributed by atoms with van der Waals surface area (Å²) in [7, 11) is 0.